The van der Waals surface area contributed by atoms with Gasteiger partial charge in [0, 0.05) is 12.2 Å². The largest absolute Gasteiger partial charge is 0.310 e. The number of rotatable bonds is 2. The van der Waals surface area contributed by atoms with Crippen LogP contribution in [0.4, 0.5) is 0 Å². The second kappa shape index (κ2) is 5.70. The van der Waals surface area contributed by atoms with Crippen LogP contribution < -0.4 is 0 Å². The standard InChI is InChI=1S/C18H26OPS/c1-12-10-13(2)17(14(3)11-12)18(19)20(21)15-6-4-7-16(20)9-5-8-15/h10-11,15-16,21H,4-9H2,1-3H3/q+1. The lowest BCUT2D eigenvalue weighted by molar-refractivity contribution is 0.107. The molecule has 2 saturated heterocycles. The minimum Gasteiger partial charge on any atom is -0.246 e. The van der Waals surface area contributed by atoms with E-state index < -0.39 is 6.46 Å². The Morgan fingerprint density at radius 2 is 1.43 bits per heavy atom. The molecule has 0 amide bonds. The van der Waals surface area contributed by atoms with Crippen LogP contribution in [0.1, 0.15) is 65.6 Å². The van der Waals surface area contributed by atoms with Crippen LogP contribution in [-0.2, 0) is 0 Å². The molecule has 2 heterocycles. The second-order valence-electron chi connectivity index (χ2n) is 6.99. The van der Waals surface area contributed by atoms with E-state index in [-0.39, 0.29) is 0 Å². The molecule has 0 N–H and O–H groups in total. The first-order valence-corrected chi connectivity index (χ1v) is 11.3. The van der Waals surface area contributed by atoms with Crippen molar-refractivity contribution in [2.45, 2.75) is 70.6 Å². The van der Waals surface area contributed by atoms with Crippen molar-refractivity contribution in [3.63, 3.8) is 0 Å². The van der Waals surface area contributed by atoms with Crippen LogP contribution in [0.3, 0.4) is 0 Å². The van der Waals surface area contributed by atoms with E-state index in [0.29, 0.717) is 16.8 Å². The molecule has 1 aromatic rings. The lowest BCUT2D eigenvalue weighted by atomic mass is 9.98. The van der Waals surface area contributed by atoms with E-state index in [2.05, 4.69) is 32.9 Å². The topological polar surface area (TPSA) is 17.1 Å². The molecule has 2 aliphatic heterocycles. The number of fused-ring (bicyclic) bond motifs is 2. The minimum absolute atomic E-state index is 0.412. The van der Waals surface area contributed by atoms with Gasteiger partial charge in [0.05, 0.1) is 16.9 Å². The summed E-state index contributed by atoms with van der Waals surface area (Å²) in [5.41, 5.74) is 6.11. The molecule has 0 aliphatic carbocycles. The monoisotopic (exact) mass is 321 g/mol. The fourth-order valence-electron chi connectivity index (χ4n) is 4.58. The van der Waals surface area contributed by atoms with Gasteiger partial charge in [0.25, 0.3) is 0 Å². The molecule has 21 heavy (non-hydrogen) atoms. The number of hydrogen-bond donors (Lipinski definition) is 1. The Morgan fingerprint density at radius 3 is 1.86 bits per heavy atom. The van der Waals surface area contributed by atoms with E-state index in [1.54, 1.807) is 0 Å². The molecule has 3 rings (SSSR count). The molecule has 0 radical (unpaired) electrons. The summed E-state index contributed by atoms with van der Waals surface area (Å²) in [7, 11) is 0. The number of aryl methyl sites for hydroxylation is 3. The van der Waals surface area contributed by atoms with Gasteiger partial charge in [0.1, 0.15) is 0 Å². The molecule has 1 nitrogen and oxygen atoms in total. The van der Waals surface area contributed by atoms with Crippen molar-refractivity contribution < 1.29 is 4.79 Å². The first kappa shape index (κ1) is 15.6. The van der Waals surface area contributed by atoms with Crippen LogP contribution in [0.5, 0.6) is 0 Å². The normalized spacial score (nSPS) is 32.0. The van der Waals surface area contributed by atoms with E-state index >= 15 is 0 Å². The molecular weight excluding hydrogens is 295 g/mol. The second-order valence-corrected chi connectivity index (χ2v) is 12.3. The van der Waals surface area contributed by atoms with E-state index in [0.717, 1.165) is 16.7 Å². The van der Waals surface area contributed by atoms with Crippen LogP contribution in [0.15, 0.2) is 12.1 Å². The Hall–Kier alpha value is -0.330. The quantitative estimate of drug-likeness (QED) is 0.544. The highest BCUT2D eigenvalue weighted by molar-refractivity contribution is 8.59. The average Bonchev–Trinajstić information content (AvgIpc) is 2.36. The van der Waals surface area contributed by atoms with Crippen molar-refractivity contribution in [1.82, 2.24) is 0 Å². The van der Waals surface area contributed by atoms with Crippen LogP contribution in [-0.4, -0.2) is 16.8 Å². The average molecular weight is 321 g/mol. The van der Waals surface area contributed by atoms with Gasteiger partial charge in [0.15, 0.2) is 6.46 Å². The van der Waals surface area contributed by atoms with Gasteiger partial charge in [-0.3, -0.25) is 0 Å². The highest BCUT2D eigenvalue weighted by Gasteiger charge is 2.60. The van der Waals surface area contributed by atoms with Crippen molar-refractivity contribution in [3.05, 3.63) is 34.4 Å². The number of carbonyl (C=O) groups excluding carboxylic acids is 1. The maximum absolute atomic E-state index is 13.5. The lowest BCUT2D eigenvalue weighted by Gasteiger charge is -2.42. The van der Waals surface area contributed by atoms with Gasteiger partial charge < -0.3 is 0 Å². The molecule has 0 aromatic heterocycles. The summed E-state index contributed by atoms with van der Waals surface area (Å²) in [5.74, 6) is 0. The molecule has 0 saturated carbocycles. The van der Waals surface area contributed by atoms with Gasteiger partial charge in [0.2, 0.25) is 0 Å². The molecule has 1 aromatic carbocycles. The zero-order valence-corrected chi connectivity index (χ0v) is 15.1. The summed E-state index contributed by atoms with van der Waals surface area (Å²) in [5, 5.41) is 0. The molecule has 0 unspecified atom stereocenters. The number of thiol groups is 1. The summed E-state index contributed by atoms with van der Waals surface area (Å²) >= 11 is 5.16. The maximum atomic E-state index is 13.5. The molecule has 2 fully saturated rings. The first-order valence-electron chi connectivity index (χ1n) is 8.18. The molecule has 2 bridgehead atoms. The van der Waals surface area contributed by atoms with E-state index in [4.69, 9.17) is 12.2 Å². The smallest absolute Gasteiger partial charge is 0.246 e. The highest BCUT2D eigenvalue weighted by Crippen LogP contribution is 2.79. The van der Waals surface area contributed by atoms with Crippen molar-refractivity contribution >= 4 is 24.2 Å². The van der Waals surface area contributed by atoms with Crippen molar-refractivity contribution in [2.75, 3.05) is 0 Å². The Bertz CT molecular complexity index is 536. The van der Waals surface area contributed by atoms with Crippen LogP contribution in [0.2, 0.25) is 0 Å². The Labute approximate surface area is 134 Å². The van der Waals surface area contributed by atoms with Crippen LogP contribution in [0, 0.1) is 20.8 Å². The zero-order valence-electron chi connectivity index (χ0n) is 13.4. The molecule has 3 heteroatoms. The zero-order chi connectivity index (χ0) is 15.2. The van der Waals surface area contributed by atoms with Crippen molar-refractivity contribution in [2.24, 2.45) is 0 Å². The molecule has 0 atom stereocenters. The Balaban J connectivity index is 2.05. The van der Waals surface area contributed by atoms with Gasteiger partial charge in [-0.1, -0.05) is 17.7 Å². The predicted octanol–water partition coefficient (Wildman–Crippen LogP) is 5.72. The summed E-state index contributed by atoms with van der Waals surface area (Å²) in [6.07, 6.45) is 7.51. The molecule has 2 aliphatic rings. The SMILES string of the molecule is Cc1cc(C)c(C(=O)[P+]2(S)C3CCCC2CCC3)c(C)c1. The Kier molecular flexibility index (Phi) is 4.23. The maximum Gasteiger partial charge on any atom is 0.310 e. The van der Waals surface area contributed by atoms with Gasteiger partial charge in [-0.15, -0.1) is 0 Å². The van der Waals surface area contributed by atoms with Crippen molar-refractivity contribution in [1.29, 1.82) is 0 Å². The van der Waals surface area contributed by atoms with Gasteiger partial charge in [-0.05, 0) is 70.4 Å². The lowest BCUT2D eigenvalue weighted by Crippen LogP contribution is -2.35. The van der Waals surface area contributed by atoms with Crippen LogP contribution in [0.25, 0.3) is 0 Å². The fourth-order valence-corrected chi connectivity index (χ4v) is 10.5. The Morgan fingerprint density at radius 1 is 1.00 bits per heavy atom. The summed E-state index contributed by atoms with van der Waals surface area (Å²) in [6, 6.07) is 4.31. The van der Waals surface area contributed by atoms with Gasteiger partial charge in [-0.2, -0.15) is 0 Å². The number of carbonyl (C=O) groups is 1. The van der Waals surface area contributed by atoms with E-state index in [1.165, 1.54) is 44.1 Å². The summed E-state index contributed by atoms with van der Waals surface area (Å²) in [4.78, 5) is 13.5. The third-order valence-corrected chi connectivity index (χ3v) is 12.1. The molecule has 0 spiro atoms. The number of benzene rings is 1. The van der Waals surface area contributed by atoms with Gasteiger partial charge in [-0.25, -0.2) is 4.79 Å². The summed E-state index contributed by atoms with van der Waals surface area (Å²) < 4.78 is 0. The van der Waals surface area contributed by atoms with E-state index in [1.807, 2.05) is 0 Å². The predicted molar refractivity (Wildman–Crippen MR) is 96.2 cm³/mol. The molecular formula is C18H26OPS+. The van der Waals surface area contributed by atoms with Gasteiger partial charge >= 0.3 is 5.52 Å². The molecule has 114 valence electrons. The summed E-state index contributed by atoms with van der Waals surface area (Å²) in [6.45, 7) is 4.48. The first-order chi connectivity index (χ1) is 9.94. The third-order valence-electron chi connectivity index (χ3n) is 5.48. The highest BCUT2D eigenvalue weighted by atomic mass is 32.7. The van der Waals surface area contributed by atoms with E-state index in [9.17, 15) is 4.79 Å². The van der Waals surface area contributed by atoms with Crippen LogP contribution >= 0.6 is 18.7 Å². The number of hydrogen-bond acceptors (Lipinski definition) is 2. The van der Waals surface area contributed by atoms with Crippen molar-refractivity contribution in [3.8, 4) is 0 Å². The fraction of sp³-hybridized carbons (Fsp3) is 0.611. The minimum atomic E-state index is -1.80. The third kappa shape index (κ3) is 2.49.